The van der Waals surface area contributed by atoms with Crippen LogP contribution < -0.4 is 0 Å². The molecule has 1 saturated heterocycles. The van der Waals surface area contributed by atoms with Gasteiger partial charge in [0, 0.05) is 38.8 Å². The van der Waals surface area contributed by atoms with Gasteiger partial charge in [-0.3, -0.25) is 9.69 Å². The fourth-order valence-electron chi connectivity index (χ4n) is 2.88. The van der Waals surface area contributed by atoms with Gasteiger partial charge in [0.1, 0.15) is 0 Å². The first kappa shape index (κ1) is 15.3. The molecule has 4 nitrogen and oxygen atoms in total. The molecule has 1 N–H and O–H groups in total. The molecule has 0 aromatic heterocycles. The highest BCUT2D eigenvalue weighted by Gasteiger charge is 2.31. The van der Waals surface area contributed by atoms with Crippen molar-refractivity contribution in [3.05, 3.63) is 42.0 Å². The SMILES string of the molecule is O=C(/C=C/c1ccccc1)N1CCN(C[C@@H](O)C2CC2)CC1. The van der Waals surface area contributed by atoms with E-state index in [1.807, 2.05) is 41.3 Å². The number of hydrogen-bond donors (Lipinski definition) is 1. The number of amides is 1. The highest BCUT2D eigenvalue weighted by molar-refractivity contribution is 5.91. The lowest BCUT2D eigenvalue weighted by molar-refractivity contribution is -0.127. The maximum atomic E-state index is 12.2. The summed E-state index contributed by atoms with van der Waals surface area (Å²) in [6, 6.07) is 9.87. The Kier molecular flexibility index (Phi) is 4.90. The van der Waals surface area contributed by atoms with Crippen LogP contribution in [0.1, 0.15) is 18.4 Å². The standard InChI is InChI=1S/C18H24N2O2/c21-17(16-7-8-16)14-19-10-12-20(13-11-19)18(22)9-6-15-4-2-1-3-5-15/h1-6,9,16-17,21H,7-8,10-14H2/b9-6+/t17-/m1/s1. The van der Waals surface area contributed by atoms with Crippen LogP contribution >= 0.6 is 0 Å². The van der Waals surface area contributed by atoms with Crippen LogP contribution in [0.2, 0.25) is 0 Å². The lowest BCUT2D eigenvalue weighted by atomic mass is 10.2. The molecule has 1 aliphatic carbocycles. The smallest absolute Gasteiger partial charge is 0.246 e. The third-order valence-electron chi connectivity index (χ3n) is 4.51. The average Bonchev–Trinajstić information content (AvgIpc) is 3.39. The molecule has 22 heavy (non-hydrogen) atoms. The molecule has 3 rings (SSSR count). The number of aliphatic hydroxyl groups is 1. The molecule has 4 heteroatoms. The second-order valence-electron chi connectivity index (χ2n) is 6.27. The fourth-order valence-corrected chi connectivity index (χ4v) is 2.88. The summed E-state index contributed by atoms with van der Waals surface area (Å²) in [5.41, 5.74) is 1.04. The average molecular weight is 300 g/mol. The van der Waals surface area contributed by atoms with E-state index in [4.69, 9.17) is 0 Å². The summed E-state index contributed by atoms with van der Waals surface area (Å²) in [6.45, 7) is 3.96. The second kappa shape index (κ2) is 7.07. The first-order valence-corrected chi connectivity index (χ1v) is 8.15. The Morgan fingerprint density at radius 3 is 2.50 bits per heavy atom. The van der Waals surface area contributed by atoms with Crippen LogP contribution in [0.15, 0.2) is 36.4 Å². The van der Waals surface area contributed by atoms with Crippen LogP contribution in [0.4, 0.5) is 0 Å². The molecule has 1 aromatic rings. The Hall–Kier alpha value is -1.65. The Labute approximate surface area is 132 Å². The van der Waals surface area contributed by atoms with Crippen LogP contribution in [-0.2, 0) is 4.79 Å². The van der Waals surface area contributed by atoms with Crippen molar-refractivity contribution in [3.63, 3.8) is 0 Å². The maximum absolute atomic E-state index is 12.2. The molecule has 1 saturated carbocycles. The summed E-state index contributed by atoms with van der Waals surface area (Å²) >= 11 is 0. The Bertz CT molecular complexity index is 517. The van der Waals surface area contributed by atoms with E-state index in [-0.39, 0.29) is 12.0 Å². The topological polar surface area (TPSA) is 43.8 Å². The van der Waals surface area contributed by atoms with E-state index in [2.05, 4.69) is 4.90 Å². The van der Waals surface area contributed by atoms with E-state index >= 15 is 0 Å². The Balaban J connectivity index is 1.44. The van der Waals surface area contributed by atoms with E-state index < -0.39 is 0 Å². The van der Waals surface area contributed by atoms with Crippen LogP contribution in [0.25, 0.3) is 6.08 Å². The summed E-state index contributed by atoms with van der Waals surface area (Å²) in [5, 5.41) is 9.99. The second-order valence-corrected chi connectivity index (χ2v) is 6.27. The molecule has 1 amide bonds. The van der Waals surface area contributed by atoms with Crippen molar-refractivity contribution in [1.82, 2.24) is 9.80 Å². The summed E-state index contributed by atoms with van der Waals surface area (Å²) in [4.78, 5) is 16.3. The van der Waals surface area contributed by atoms with Crippen molar-refractivity contribution in [2.75, 3.05) is 32.7 Å². The molecule has 0 bridgehead atoms. The lowest BCUT2D eigenvalue weighted by Crippen LogP contribution is -2.50. The van der Waals surface area contributed by atoms with Gasteiger partial charge >= 0.3 is 0 Å². The first-order valence-electron chi connectivity index (χ1n) is 8.15. The molecule has 2 fully saturated rings. The van der Waals surface area contributed by atoms with Crippen molar-refractivity contribution in [2.45, 2.75) is 18.9 Å². The monoisotopic (exact) mass is 300 g/mol. The zero-order chi connectivity index (χ0) is 15.4. The normalized spacial score (nSPS) is 21.2. The number of β-amino-alcohol motifs (C(OH)–C–C–N with tert-alkyl or cyclic N) is 1. The summed E-state index contributed by atoms with van der Waals surface area (Å²) in [5.74, 6) is 0.597. The predicted octanol–water partition coefficient (Wildman–Crippen LogP) is 1.61. The maximum Gasteiger partial charge on any atom is 0.246 e. The number of carbonyl (C=O) groups is 1. The quantitative estimate of drug-likeness (QED) is 0.840. The Morgan fingerprint density at radius 1 is 1.18 bits per heavy atom. The molecule has 118 valence electrons. The molecular weight excluding hydrogens is 276 g/mol. The van der Waals surface area contributed by atoms with Gasteiger partial charge in [0.05, 0.1) is 6.10 Å². The van der Waals surface area contributed by atoms with Gasteiger partial charge in [-0.1, -0.05) is 30.3 Å². The van der Waals surface area contributed by atoms with E-state index in [0.717, 1.165) is 38.3 Å². The summed E-state index contributed by atoms with van der Waals surface area (Å²) in [6.07, 6.45) is 5.68. The summed E-state index contributed by atoms with van der Waals surface area (Å²) in [7, 11) is 0. The number of rotatable bonds is 5. The minimum atomic E-state index is -0.180. The van der Waals surface area contributed by atoms with Crippen molar-refractivity contribution in [1.29, 1.82) is 0 Å². The van der Waals surface area contributed by atoms with Gasteiger partial charge in [-0.05, 0) is 30.4 Å². The lowest BCUT2D eigenvalue weighted by Gasteiger charge is -2.35. The van der Waals surface area contributed by atoms with Gasteiger partial charge in [0.2, 0.25) is 5.91 Å². The molecular formula is C18H24N2O2. The van der Waals surface area contributed by atoms with Gasteiger partial charge in [0.15, 0.2) is 0 Å². The van der Waals surface area contributed by atoms with Gasteiger partial charge in [-0.2, -0.15) is 0 Å². The molecule has 1 atom stereocenters. The number of carbonyl (C=O) groups excluding carboxylic acids is 1. The van der Waals surface area contributed by atoms with Crippen LogP contribution in [-0.4, -0.2) is 59.6 Å². The summed E-state index contributed by atoms with van der Waals surface area (Å²) < 4.78 is 0. The number of hydrogen-bond acceptors (Lipinski definition) is 3. The Morgan fingerprint density at radius 2 is 1.86 bits per heavy atom. The number of aliphatic hydroxyl groups excluding tert-OH is 1. The first-order chi connectivity index (χ1) is 10.7. The highest BCUT2D eigenvalue weighted by atomic mass is 16.3. The van der Waals surface area contributed by atoms with E-state index in [9.17, 15) is 9.90 Å². The predicted molar refractivity (Wildman–Crippen MR) is 87.2 cm³/mol. The zero-order valence-corrected chi connectivity index (χ0v) is 12.9. The number of nitrogens with zero attached hydrogens (tertiary/aromatic N) is 2. The van der Waals surface area contributed by atoms with E-state index in [1.54, 1.807) is 6.08 Å². The molecule has 0 radical (unpaired) electrons. The van der Waals surface area contributed by atoms with Gasteiger partial charge < -0.3 is 10.0 Å². The van der Waals surface area contributed by atoms with E-state index in [0.29, 0.717) is 5.92 Å². The molecule has 1 heterocycles. The third-order valence-corrected chi connectivity index (χ3v) is 4.51. The van der Waals surface area contributed by atoms with Gasteiger partial charge in [0.25, 0.3) is 0 Å². The molecule has 0 spiro atoms. The highest BCUT2D eigenvalue weighted by Crippen LogP contribution is 2.32. The largest absolute Gasteiger partial charge is 0.392 e. The van der Waals surface area contributed by atoms with Gasteiger partial charge in [-0.25, -0.2) is 0 Å². The van der Waals surface area contributed by atoms with Crippen molar-refractivity contribution >= 4 is 12.0 Å². The van der Waals surface area contributed by atoms with Gasteiger partial charge in [-0.15, -0.1) is 0 Å². The van der Waals surface area contributed by atoms with Crippen LogP contribution in [0.3, 0.4) is 0 Å². The number of benzene rings is 1. The van der Waals surface area contributed by atoms with Crippen LogP contribution in [0, 0.1) is 5.92 Å². The van der Waals surface area contributed by atoms with Crippen molar-refractivity contribution in [3.8, 4) is 0 Å². The molecule has 1 aromatic carbocycles. The third kappa shape index (κ3) is 4.18. The minimum absolute atomic E-state index is 0.0752. The van der Waals surface area contributed by atoms with E-state index in [1.165, 1.54) is 12.8 Å². The van der Waals surface area contributed by atoms with Crippen LogP contribution in [0.5, 0.6) is 0 Å². The fraction of sp³-hybridized carbons (Fsp3) is 0.500. The zero-order valence-electron chi connectivity index (χ0n) is 12.9. The minimum Gasteiger partial charge on any atom is -0.392 e. The molecule has 2 aliphatic rings. The molecule has 0 unspecified atom stereocenters. The van der Waals surface area contributed by atoms with Crippen molar-refractivity contribution in [2.24, 2.45) is 5.92 Å². The molecule has 1 aliphatic heterocycles. The number of piperazine rings is 1. The van der Waals surface area contributed by atoms with Crippen molar-refractivity contribution < 1.29 is 9.90 Å².